The minimum atomic E-state index is -0.560. The Labute approximate surface area is 182 Å². The number of amides is 1. The van der Waals surface area contributed by atoms with Crippen molar-refractivity contribution in [2.75, 3.05) is 12.4 Å². The molecular formula is C23H22FN3O5. The van der Waals surface area contributed by atoms with E-state index in [-0.39, 0.29) is 30.6 Å². The van der Waals surface area contributed by atoms with E-state index < -0.39 is 17.2 Å². The zero-order valence-corrected chi connectivity index (χ0v) is 17.8. The first-order chi connectivity index (χ1) is 15.3. The Bertz CT molecular complexity index is 1330. The average Bonchev–Trinajstić information content (AvgIpc) is 2.79. The summed E-state index contributed by atoms with van der Waals surface area (Å²) in [6, 6.07) is 11.2. The van der Waals surface area contributed by atoms with Gasteiger partial charge in [-0.05, 0) is 35.4 Å². The van der Waals surface area contributed by atoms with Gasteiger partial charge in [-0.15, -0.1) is 0 Å². The van der Waals surface area contributed by atoms with E-state index in [1.54, 1.807) is 30.3 Å². The van der Waals surface area contributed by atoms with E-state index in [1.807, 2.05) is 0 Å². The fourth-order valence-electron chi connectivity index (χ4n) is 3.90. The number of carbonyl (C=O) groups is 1. The zero-order valence-electron chi connectivity index (χ0n) is 17.8. The number of hydrogen-bond donors (Lipinski definition) is 1. The molecule has 4 rings (SSSR count). The molecular weight excluding hydrogens is 417 g/mol. The molecule has 0 saturated carbocycles. The summed E-state index contributed by atoms with van der Waals surface area (Å²) in [6.45, 7) is 0.144. The lowest BCUT2D eigenvalue weighted by atomic mass is 9.86. The SMILES string of the molecule is COc1cc([C@@H]2CC(=O)Nc3c2c(=O)n(C)c(=O)n3C)ccc1OCc1cccc(F)c1. The van der Waals surface area contributed by atoms with E-state index in [1.165, 1.54) is 37.9 Å². The summed E-state index contributed by atoms with van der Waals surface area (Å²) < 4.78 is 26.9. The maximum absolute atomic E-state index is 13.4. The van der Waals surface area contributed by atoms with Crippen LogP contribution in [-0.2, 0) is 25.5 Å². The predicted octanol–water partition coefficient (Wildman–Crippen LogP) is 2.28. The summed E-state index contributed by atoms with van der Waals surface area (Å²) in [5.74, 6) is -0.155. The number of nitrogens with one attached hydrogen (secondary N) is 1. The van der Waals surface area contributed by atoms with Gasteiger partial charge in [-0.1, -0.05) is 18.2 Å². The second-order valence-corrected chi connectivity index (χ2v) is 7.60. The van der Waals surface area contributed by atoms with Gasteiger partial charge in [0.05, 0.1) is 12.7 Å². The van der Waals surface area contributed by atoms with Crippen LogP contribution in [0.2, 0.25) is 0 Å². The maximum Gasteiger partial charge on any atom is 0.332 e. The van der Waals surface area contributed by atoms with Crippen LogP contribution in [0.25, 0.3) is 0 Å². The molecule has 1 aliphatic heterocycles. The van der Waals surface area contributed by atoms with Crippen LogP contribution in [-0.4, -0.2) is 22.2 Å². The van der Waals surface area contributed by atoms with Gasteiger partial charge in [-0.3, -0.25) is 18.7 Å². The summed E-state index contributed by atoms with van der Waals surface area (Å²) in [4.78, 5) is 37.5. The highest BCUT2D eigenvalue weighted by Gasteiger charge is 2.32. The number of nitrogens with zero attached hydrogens (tertiary/aromatic N) is 2. The van der Waals surface area contributed by atoms with Gasteiger partial charge in [0, 0.05) is 26.4 Å². The van der Waals surface area contributed by atoms with Gasteiger partial charge < -0.3 is 14.8 Å². The van der Waals surface area contributed by atoms with Crippen LogP contribution in [0.1, 0.15) is 29.0 Å². The van der Waals surface area contributed by atoms with Crippen molar-refractivity contribution in [3.63, 3.8) is 0 Å². The van der Waals surface area contributed by atoms with Gasteiger partial charge in [0.2, 0.25) is 5.91 Å². The third-order valence-corrected chi connectivity index (χ3v) is 5.57. The molecule has 0 unspecified atom stereocenters. The summed E-state index contributed by atoms with van der Waals surface area (Å²) in [6.07, 6.45) is 0.0487. The molecule has 0 aliphatic carbocycles. The third kappa shape index (κ3) is 3.77. The van der Waals surface area contributed by atoms with Gasteiger partial charge >= 0.3 is 5.69 Å². The lowest BCUT2D eigenvalue weighted by molar-refractivity contribution is -0.116. The highest BCUT2D eigenvalue weighted by molar-refractivity contribution is 5.94. The van der Waals surface area contributed by atoms with Crippen molar-refractivity contribution < 1.29 is 18.7 Å². The summed E-state index contributed by atoms with van der Waals surface area (Å²) in [5, 5.41) is 2.64. The average molecular weight is 439 g/mol. The maximum atomic E-state index is 13.4. The number of fused-ring (bicyclic) bond motifs is 1. The van der Waals surface area contributed by atoms with Crippen molar-refractivity contribution in [2.45, 2.75) is 18.9 Å². The number of halogens is 1. The van der Waals surface area contributed by atoms with Gasteiger partial charge in [0.15, 0.2) is 11.5 Å². The number of aromatic nitrogens is 2. The molecule has 2 aromatic carbocycles. The fraction of sp³-hybridized carbons (Fsp3) is 0.261. The molecule has 32 heavy (non-hydrogen) atoms. The number of rotatable bonds is 5. The van der Waals surface area contributed by atoms with Crippen molar-refractivity contribution in [3.05, 3.63) is 85.8 Å². The lowest BCUT2D eigenvalue weighted by Gasteiger charge is -2.27. The highest BCUT2D eigenvalue weighted by atomic mass is 19.1. The van der Waals surface area contributed by atoms with Crippen LogP contribution < -0.4 is 26.0 Å². The Morgan fingerprint density at radius 2 is 1.84 bits per heavy atom. The number of ether oxygens (including phenoxy) is 2. The van der Waals surface area contributed by atoms with E-state index in [0.29, 0.717) is 28.2 Å². The first kappa shape index (κ1) is 21.4. The minimum Gasteiger partial charge on any atom is -0.493 e. The molecule has 8 nitrogen and oxygen atoms in total. The second kappa shape index (κ2) is 8.33. The topological polar surface area (TPSA) is 91.6 Å². The summed E-state index contributed by atoms with van der Waals surface area (Å²) in [5.41, 5.74) is 0.696. The molecule has 1 atom stereocenters. The Hall–Kier alpha value is -3.88. The molecule has 0 radical (unpaired) electrons. The Kier molecular flexibility index (Phi) is 5.56. The van der Waals surface area contributed by atoms with Crippen LogP contribution in [0.5, 0.6) is 11.5 Å². The van der Waals surface area contributed by atoms with Gasteiger partial charge in [-0.2, -0.15) is 0 Å². The number of hydrogen-bond acceptors (Lipinski definition) is 5. The first-order valence-corrected chi connectivity index (χ1v) is 9.95. The number of anilines is 1. The van der Waals surface area contributed by atoms with Crippen LogP contribution in [0.3, 0.4) is 0 Å². The Morgan fingerprint density at radius 3 is 2.56 bits per heavy atom. The zero-order chi connectivity index (χ0) is 23.0. The largest absolute Gasteiger partial charge is 0.493 e. The fourth-order valence-corrected chi connectivity index (χ4v) is 3.90. The number of methoxy groups -OCH3 is 1. The molecule has 3 aromatic rings. The van der Waals surface area contributed by atoms with Crippen molar-refractivity contribution >= 4 is 11.7 Å². The second-order valence-electron chi connectivity index (χ2n) is 7.60. The number of carbonyl (C=O) groups excluding carboxylic acids is 1. The van der Waals surface area contributed by atoms with E-state index in [4.69, 9.17) is 9.47 Å². The first-order valence-electron chi connectivity index (χ1n) is 9.95. The minimum absolute atomic E-state index is 0.0487. The van der Waals surface area contributed by atoms with Crippen LogP contribution in [0.4, 0.5) is 10.2 Å². The molecule has 1 amide bonds. The Morgan fingerprint density at radius 1 is 1.06 bits per heavy atom. The standard InChI is InChI=1S/C23H22FN3O5/c1-26-21-20(22(29)27(2)23(26)30)16(11-19(28)25-21)14-7-8-17(18(10-14)31-3)32-12-13-5-4-6-15(24)9-13/h4-10,16H,11-12H2,1-3H3,(H,25,28)/t16-/m0/s1. The lowest BCUT2D eigenvalue weighted by Crippen LogP contribution is -2.44. The van der Waals surface area contributed by atoms with Crippen molar-refractivity contribution in [1.29, 1.82) is 0 Å². The Balaban J connectivity index is 1.72. The van der Waals surface area contributed by atoms with Gasteiger partial charge in [0.1, 0.15) is 18.2 Å². The highest BCUT2D eigenvalue weighted by Crippen LogP contribution is 2.38. The molecule has 1 aliphatic rings. The van der Waals surface area contributed by atoms with Crippen molar-refractivity contribution in [1.82, 2.24) is 9.13 Å². The van der Waals surface area contributed by atoms with Crippen molar-refractivity contribution in [2.24, 2.45) is 14.1 Å². The van der Waals surface area contributed by atoms with E-state index in [9.17, 15) is 18.8 Å². The molecule has 1 N–H and O–H groups in total. The van der Waals surface area contributed by atoms with Crippen molar-refractivity contribution in [3.8, 4) is 11.5 Å². The monoisotopic (exact) mass is 439 g/mol. The van der Waals surface area contributed by atoms with Crippen LogP contribution in [0, 0.1) is 5.82 Å². The molecule has 0 saturated heterocycles. The molecule has 0 fully saturated rings. The third-order valence-electron chi connectivity index (χ3n) is 5.57. The number of benzene rings is 2. The molecule has 166 valence electrons. The quantitative estimate of drug-likeness (QED) is 0.659. The van der Waals surface area contributed by atoms with E-state index >= 15 is 0 Å². The summed E-state index contributed by atoms with van der Waals surface area (Å²) >= 11 is 0. The van der Waals surface area contributed by atoms with Crippen LogP contribution in [0.15, 0.2) is 52.1 Å². The molecule has 0 bridgehead atoms. The molecule has 0 spiro atoms. The smallest absolute Gasteiger partial charge is 0.332 e. The normalized spacial score (nSPS) is 15.1. The molecule has 2 heterocycles. The van der Waals surface area contributed by atoms with Gasteiger partial charge in [0.25, 0.3) is 5.56 Å². The van der Waals surface area contributed by atoms with Gasteiger partial charge in [-0.25, -0.2) is 9.18 Å². The molecule has 1 aromatic heterocycles. The van der Waals surface area contributed by atoms with E-state index in [2.05, 4.69) is 5.32 Å². The predicted molar refractivity (Wildman–Crippen MR) is 116 cm³/mol. The summed E-state index contributed by atoms with van der Waals surface area (Å²) in [7, 11) is 4.40. The molecule has 9 heteroatoms. The van der Waals surface area contributed by atoms with E-state index in [0.717, 1.165) is 4.57 Å². The van der Waals surface area contributed by atoms with Crippen LogP contribution >= 0.6 is 0 Å².